The second kappa shape index (κ2) is 10.4. The van der Waals surface area contributed by atoms with Crippen molar-refractivity contribution < 1.29 is 13.9 Å². The molecule has 5 heteroatoms. The van der Waals surface area contributed by atoms with E-state index in [2.05, 4.69) is 145 Å². The summed E-state index contributed by atoms with van der Waals surface area (Å²) < 4.78 is 20.0. The first-order valence-corrected chi connectivity index (χ1v) is 16.3. The molecule has 3 heterocycles. The van der Waals surface area contributed by atoms with Crippen LogP contribution in [0.4, 0.5) is 17.1 Å². The number of anilines is 3. The number of rotatable bonds is 4. The molecule has 0 spiro atoms. The van der Waals surface area contributed by atoms with Gasteiger partial charge in [-0.1, -0.05) is 78.9 Å². The number of ether oxygens (including phenoxy) is 2. The lowest BCUT2D eigenvalue weighted by atomic mass is 9.34. The van der Waals surface area contributed by atoms with Gasteiger partial charge in [0.05, 0.1) is 0 Å². The Morgan fingerprint density at radius 1 is 0.458 bits per heavy atom. The van der Waals surface area contributed by atoms with Crippen molar-refractivity contribution in [2.24, 2.45) is 0 Å². The number of benzene rings is 7. The number of hydrogen-bond acceptors (Lipinski definition) is 4. The van der Waals surface area contributed by atoms with E-state index in [0.717, 1.165) is 89.5 Å². The predicted octanol–water partition coefficient (Wildman–Crippen LogP) is 9.76. The summed E-state index contributed by atoms with van der Waals surface area (Å²) in [6, 6.07) is 52.9. The van der Waals surface area contributed by atoms with Crippen LogP contribution in [-0.2, 0) is 0 Å². The Hall–Kier alpha value is -6.20. The minimum Gasteiger partial charge on any atom is -0.458 e. The first-order chi connectivity index (χ1) is 23.7. The molecule has 48 heavy (non-hydrogen) atoms. The van der Waals surface area contributed by atoms with Crippen LogP contribution in [0.25, 0.3) is 33.1 Å². The number of furan rings is 1. The molecule has 4 nitrogen and oxygen atoms in total. The van der Waals surface area contributed by atoms with Crippen molar-refractivity contribution in [2.45, 2.75) is 6.92 Å². The van der Waals surface area contributed by atoms with Crippen molar-refractivity contribution in [3.05, 3.63) is 157 Å². The monoisotopic (exact) mass is 617 g/mol. The minimum absolute atomic E-state index is 0.0633. The molecule has 0 amide bonds. The van der Waals surface area contributed by atoms with Gasteiger partial charge in [0.15, 0.2) is 0 Å². The van der Waals surface area contributed by atoms with Gasteiger partial charge in [-0.05, 0) is 101 Å². The van der Waals surface area contributed by atoms with Gasteiger partial charge in [-0.15, -0.1) is 0 Å². The lowest BCUT2D eigenvalue weighted by Crippen LogP contribution is -2.57. The fraction of sp³-hybridized carbons (Fsp3) is 0.0233. The number of hydrogen-bond donors (Lipinski definition) is 0. The number of nitrogens with zero attached hydrogens (tertiary/aromatic N) is 1. The van der Waals surface area contributed by atoms with Crippen LogP contribution in [0.3, 0.4) is 0 Å². The Morgan fingerprint density at radius 2 is 1.08 bits per heavy atom. The molecule has 0 aliphatic carbocycles. The Balaban J connectivity index is 1.15. The third-order valence-corrected chi connectivity index (χ3v) is 9.59. The molecule has 0 radical (unpaired) electrons. The van der Waals surface area contributed by atoms with Crippen LogP contribution in [0.1, 0.15) is 5.56 Å². The summed E-state index contributed by atoms with van der Waals surface area (Å²) in [4.78, 5) is 2.25. The van der Waals surface area contributed by atoms with E-state index in [0.29, 0.717) is 0 Å². The zero-order chi connectivity index (χ0) is 31.8. The molecule has 0 fully saturated rings. The molecule has 1 aromatic heterocycles. The van der Waals surface area contributed by atoms with Gasteiger partial charge in [-0.2, -0.15) is 0 Å². The summed E-state index contributed by atoms with van der Waals surface area (Å²) in [5.74, 6) is 3.40. The Bertz CT molecular complexity index is 2490. The molecule has 0 unspecified atom stereocenters. The van der Waals surface area contributed by atoms with Crippen molar-refractivity contribution in [3.63, 3.8) is 0 Å². The molecule has 8 aromatic rings. The average Bonchev–Trinajstić information content (AvgIpc) is 3.48. The molecule has 0 N–H and O–H groups in total. The van der Waals surface area contributed by atoms with Gasteiger partial charge in [-0.3, -0.25) is 0 Å². The predicted molar refractivity (Wildman–Crippen MR) is 196 cm³/mol. The van der Waals surface area contributed by atoms with E-state index >= 15 is 0 Å². The SMILES string of the molecule is Cc1cc2c3c(c1)Oc1cc4c(cc1B3c1cc(-c3ccccc3)ccc1O2)oc1cc(N(c2ccccc2)c2ccccc2)ccc14. The Kier molecular flexibility index (Phi) is 5.85. The van der Waals surface area contributed by atoms with E-state index in [-0.39, 0.29) is 6.71 Å². The van der Waals surface area contributed by atoms with E-state index in [1.54, 1.807) is 0 Å². The van der Waals surface area contributed by atoms with Crippen LogP contribution in [0, 0.1) is 6.92 Å². The van der Waals surface area contributed by atoms with Gasteiger partial charge in [0.2, 0.25) is 0 Å². The highest BCUT2D eigenvalue weighted by Gasteiger charge is 2.41. The molecule has 2 aliphatic heterocycles. The highest BCUT2D eigenvalue weighted by Crippen LogP contribution is 2.41. The molecule has 0 saturated heterocycles. The van der Waals surface area contributed by atoms with Crippen molar-refractivity contribution >= 4 is 62.1 Å². The van der Waals surface area contributed by atoms with E-state index in [9.17, 15) is 0 Å². The topological polar surface area (TPSA) is 34.8 Å². The van der Waals surface area contributed by atoms with E-state index < -0.39 is 0 Å². The maximum absolute atomic E-state index is 6.71. The quantitative estimate of drug-likeness (QED) is 0.184. The van der Waals surface area contributed by atoms with Crippen LogP contribution in [0.15, 0.2) is 156 Å². The van der Waals surface area contributed by atoms with Crippen molar-refractivity contribution in [1.82, 2.24) is 0 Å². The molecule has 10 rings (SSSR count). The second-order valence-electron chi connectivity index (χ2n) is 12.6. The summed E-state index contributed by atoms with van der Waals surface area (Å²) >= 11 is 0. The first kappa shape index (κ1) is 27.0. The zero-order valence-corrected chi connectivity index (χ0v) is 26.2. The lowest BCUT2D eigenvalue weighted by Gasteiger charge is -2.33. The Morgan fingerprint density at radius 3 is 1.79 bits per heavy atom. The Labute approximate surface area is 278 Å². The van der Waals surface area contributed by atoms with Gasteiger partial charge in [0.25, 0.3) is 6.71 Å². The first-order valence-electron chi connectivity index (χ1n) is 16.3. The van der Waals surface area contributed by atoms with Crippen LogP contribution in [0.5, 0.6) is 23.0 Å². The molecule has 0 atom stereocenters. The summed E-state index contributed by atoms with van der Waals surface area (Å²) in [6.45, 7) is 2.02. The van der Waals surface area contributed by atoms with E-state index in [4.69, 9.17) is 13.9 Å². The molecule has 2 aliphatic rings. The van der Waals surface area contributed by atoms with Crippen LogP contribution in [-0.4, -0.2) is 6.71 Å². The van der Waals surface area contributed by atoms with Gasteiger partial charge in [0, 0.05) is 39.4 Å². The maximum Gasteiger partial charge on any atom is 0.260 e. The van der Waals surface area contributed by atoms with Gasteiger partial charge in [-0.25, -0.2) is 0 Å². The second-order valence-corrected chi connectivity index (χ2v) is 12.6. The van der Waals surface area contributed by atoms with Crippen molar-refractivity contribution in [3.8, 4) is 34.1 Å². The van der Waals surface area contributed by atoms with Crippen LogP contribution >= 0.6 is 0 Å². The molecular weight excluding hydrogens is 589 g/mol. The third kappa shape index (κ3) is 4.18. The standard InChI is InChI=1S/C43H28BNO3/c1-27-21-41-43-42(22-27)48-40-25-34-33-19-18-32(45(30-13-7-3-8-14-30)31-15-9-4-10-16-31)24-38(33)47-39(34)26-36(40)44(43)35-23-29(17-20-37(35)46-41)28-11-5-2-6-12-28/h2-26H,1H3. The number of aryl methyl sites for hydroxylation is 1. The van der Waals surface area contributed by atoms with Crippen LogP contribution in [0.2, 0.25) is 0 Å². The largest absolute Gasteiger partial charge is 0.458 e. The fourth-order valence-corrected chi connectivity index (χ4v) is 7.44. The maximum atomic E-state index is 6.71. The smallest absolute Gasteiger partial charge is 0.260 e. The fourth-order valence-electron chi connectivity index (χ4n) is 7.44. The molecule has 0 bridgehead atoms. The molecule has 226 valence electrons. The molecular formula is C43H28BNO3. The highest BCUT2D eigenvalue weighted by atomic mass is 16.5. The lowest BCUT2D eigenvalue weighted by molar-refractivity contribution is 0.464. The van der Waals surface area contributed by atoms with Crippen molar-refractivity contribution in [2.75, 3.05) is 4.90 Å². The summed E-state index contributed by atoms with van der Waals surface area (Å²) in [7, 11) is 0. The average molecular weight is 618 g/mol. The van der Waals surface area contributed by atoms with Gasteiger partial charge >= 0.3 is 0 Å². The molecule has 7 aromatic carbocycles. The third-order valence-electron chi connectivity index (χ3n) is 9.59. The summed E-state index contributed by atoms with van der Waals surface area (Å²) in [5.41, 5.74) is 11.5. The van der Waals surface area contributed by atoms with Crippen LogP contribution < -0.4 is 30.8 Å². The minimum atomic E-state index is -0.0633. The highest BCUT2D eigenvalue weighted by molar-refractivity contribution is 6.98. The molecule has 0 saturated carbocycles. The van der Waals surface area contributed by atoms with Gasteiger partial charge in [0.1, 0.15) is 34.2 Å². The zero-order valence-electron chi connectivity index (χ0n) is 26.2. The van der Waals surface area contributed by atoms with Crippen molar-refractivity contribution in [1.29, 1.82) is 0 Å². The summed E-state index contributed by atoms with van der Waals surface area (Å²) in [6.07, 6.45) is 0. The van der Waals surface area contributed by atoms with E-state index in [1.165, 1.54) is 5.56 Å². The number of fused-ring (bicyclic) bond motifs is 7. The van der Waals surface area contributed by atoms with Gasteiger partial charge < -0.3 is 18.8 Å². The summed E-state index contributed by atoms with van der Waals surface area (Å²) in [5, 5.41) is 2.08. The number of para-hydroxylation sites is 2. The van der Waals surface area contributed by atoms with E-state index in [1.807, 2.05) is 18.2 Å². The normalized spacial score (nSPS) is 12.6.